The fourth-order valence-electron chi connectivity index (χ4n) is 2.88. The SMILES string of the molecule is CC(=O)NC(CC(=O)NC1CCC(O)CC1)c1ccccc1. The lowest BCUT2D eigenvalue weighted by Crippen LogP contribution is -2.40. The number of hydrogen-bond acceptors (Lipinski definition) is 3. The molecule has 2 rings (SSSR count). The lowest BCUT2D eigenvalue weighted by atomic mass is 9.93. The van der Waals surface area contributed by atoms with Crippen LogP contribution < -0.4 is 10.6 Å². The number of carbonyl (C=O) groups excluding carboxylic acids is 2. The molecule has 1 fully saturated rings. The molecule has 0 aliphatic heterocycles. The van der Waals surface area contributed by atoms with E-state index in [0.29, 0.717) is 0 Å². The van der Waals surface area contributed by atoms with Crippen LogP contribution in [0.2, 0.25) is 0 Å². The van der Waals surface area contributed by atoms with Crippen molar-refractivity contribution in [1.29, 1.82) is 0 Å². The minimum Gasteiger partial charge on any atom is -0.393 e. The van der Waals surface area contributed by atoms with Gasteiger partial charge in [-0.25, -0.2) is 0 Å². The van der Waals surface area contributed by atoms with Crippen LogP contribution in [0.4, 0.5) is 0 Å². The van der Waals surface area contributed by atoms with Gasteiger partial charge in [0.15, 0.2) is 0 Å². The summed E-state index contributed by atoms with van der Waals surface area (Å²) in [6.07, 6.45) is 3.08. The van der Waals surface area contributed by atoms with E-state index in [1.165, 1.54) is 6.92 Å². The van der Waals surface area contributed by atoms with Crippen LogP contribution in [-0.4, -0.2) is 29.1 Å². The zero-order valence-electron chi connectivity index (χ0n) is 12.9. The van der Waals surface area contributed by atoms with Crippen LogP contribution in [0.5, 0.6) is 0 Å². The fourth-order valence-corrected chi connectivity index (χ4v) is 2.88. The summed E-state index contributed by atoms with van der Waals surface area (Å²) in [5.74, 6) is -0.216. The van der Waals surface area contributed by atoms with E-state index in [-0.39, 0.29) is 36.4 Å². The number of aliphatic hydroxyl groups excluding tert-OH is 1. The smallest absolute Gasteiger partial charge is 0.222 e. The van der Waals surface area contributed by atoms with Crippen LogP contribution in [0.15, 0.2) is 30.3 Å². The maximum atomic E-state index is 12.2. The second kappa shape index (κ2) is 7.94. The Bertz CT molecular complexity index is 496. The molecule has 2 amide bonds. The molecule has 3 N–H and O–H groups in total. The molecule has 0 spiro atoms. The number of nitrogens with one attached hydrogen (secondary N) is 2. The number of carbonyl (C=O) groups is 2. The molecule has 0 radical (unpaired) electrons. The van der Waals surface area contributed by atoms with E-state index >= 15 is 0 Å². The largest absolute Gasteiger partial charge is 0.393 e. The molecule has 0 saturated heterocycles. The number of hydrogen-bond donors (Lipinski definition) is 3. The summed E-state index contributed by atoms with van der Waals surface area (Å²) in [6.45, 7) is 1.45. The van der Waals surface area contributed by atoms with Crippen molar-refractivity contribution in [3.63, 3.8) is 0 Å². The number of aliphatic hydroxyl groups is 1. The van der Waals surface area contributed by atoms with Gasteiger partial charge in [0.1, 0.15) is 0 Å². The molecule has 1 aliphatic rings. The van der Waals surface area contributed by atoms with Gasteiger partial charge in [0, 0.05) is 13.0 Å². The van der Waals surface area contributed by atoms with Crippen molar-refractivity contribution in [2.45, 2.75) is 57.2 Å². The molecular formula is C17H24N2O3. The van der Waals surface area contributed by atoms with Crippen LogP contribution in [0.25, 0.3) is 0 Å². The molecule has 1 unspecified atom stereocenters. The van der Waals surface area contributed by atoms with Gasteiger partial charge in [0.25, 0.3) is 0 Å². The predicted octanol–water partition coefficient (Wildman–Crippen LogP) is 1.67. The maximum Gasteiger partial charge on any atom is 0.222 e. The van der Waals surface area contributed by atoms with E-state index in [4.69, 9.17) is 0 Å². The molecule has 120 valence electrons. The van der Waals surface area contributed by atoms with Gasteiger partial charge in [-0.15, -0.1) is 0 Å². The van der Waals surface area contributed by atoms with E-state index in [1.54, 1.807) is 0 Å². The summed E-state index contributed by atoms with van der Waals surface area (Å²) in [5, 5.41) is 15.3. The molecule has 0 aromatic heterocycles. The van der Waals surface area contributed by atoms with Crippen LogP contribution in [0, 0.1) is 0 Å². The van der Waals surface area contributed by atoms with Gasteiger partial charge in [-0.2, -0.15) is 0 Å². The summed E-state index contributed by atoms with van der Waals surface area (Å²) in [4.78, 5) is 23.6. The summed E-state index contributed by atoms with van der Waals surface area (Å²) in [5.41, 5.74) is 0.923. The first-order valence-corrected chi connectivity index (χ1v) is 7.84. The third kappa shape index (κ3) is 5.15. The highest BCUT2D eigenvalue weighted by atomic mass is 16.3. The summed E-state index contributed by atoms with van der Waals surface area (Å²) in [6, 6.07) is 9.32. The fraction of sp³-hybridized carbons (Fsp3) is 0.529. The van der Waals surface area contributed by atoms with Crippen molar-refractivity contribution >= 4 is 11.8 Å². The third-order valence-corrected chi connectivity index (χ3v) is 4.03. The van der Waals surface area contributed by atoms with Crippen LogP contribution >= 0.6 is 0 Å². The molecule has 1 saturated carbocycles. The zero-order valence-corrected chi connectivity index (χ0v) is 12.9. The van der Waals surface area contributed by atoms with Gasteiger partial charge in [0.05, 0.1) is 18.6 Å². The Hall–Kier alpha value is -1.88. The molecule has 5 heteroatoms. The van der Waals surface area contributed by atoms with E-state index in [0.717, 1.165) is 31.2 Å². The van der Waals surface area contributed by atoms with E-state index in [1.807, 2.05) is 30.3 Å². The first-order chi connectivity index (χ1) is 10.5. The average Bonchev–Trinajstić information content (AvgIpc) is 2.49. The zero-order chi connectivity index (χ0) is 15.9. The Morgan fingerprint density at radius 1 is 1.18 bits per heavy atom. The molecular weight excluding hydrogens is 280 g/mol. The Morgan fingerprint density at radius 3 is 2.41 bits per heavy atom. The van der Waals surface area contributed by atoms with Gasteiger partial charge in [-0.1, -0.05) is 30.3 Å². The highest BCUT2D eigenvalue weighted by Gasteiger charge is 2.23. The number of benzene rings is 1. The first kappa shape index (κ1) is 16.5. The normalized spacial score (nSPS) is 22.6. The van der Waals surface area contributed by atoms with Crippen molar-refractivity contribution in [2.24, 2.45) is 0 Å². The minimum atomic E-state index is -0.312. The third-order valence-electron chi connectivity index (χ3n) is 4.03. The summed E-state index contributed by atoms with van der Waals surface area (Å²) >= 11 is 0. The quantitative estimate of drug-likeness (QED) is 0.774. The number of rotatable bonds is 5. The second-order valence-corrected chi connectivity index (χ2v) is 5.94. The van der Waals surface area contributed by atoms with Gasteiger partial charge < -0.3 is 15.7 Å². The van der Waals surface area contributed by atoms with Crippen LogP contribution in [0.3, 0.4) is 0 Å². The molecule has 1 aromatic rings. The van der Waals surface area contributed by atoms with E-state index in [2.05, 4.69) is 10.6 Å². The van der Waals surface area contributed by atoms with Gasteiger partial charge in [-0.3, -0.25) is 9.59 Å². The maximum absolute atomic E-state index is 12.2. The molecule has 5 nitrogen and oxygen atoms in total. The van der Waals surface area contributed by atoms with Crippen molar-refractivity contribution in [3.8, 4) is 0 Å². The highest BCUT2D eigenvalue weighted by Crippen LogP contribution is 2.20. The van der Waals surface area contributed by atoms with Gasteiger partial charge in [-0.05, 0) is 31.2 Å². The molecule has 0 bridgehead atoms. The van der Waals surface area contributed by atoms with Crippen molar-refractivity contribution < 1.29 is 14.7 Å². The second-order valence-electron chi connectivity index (χ2n) is 5.94. The lowest BCUT2D eigenvalue weighted by molar-refractivity contribution is -0.123. The molecule has 1 aromatic carbocycles. The van der Waals surface area contributed by atoms with Crippen LogP contribution in [-0.2, 0) is 9.59 Å². The Kier molecular flexibility index (Phi) is 5.95. The number of amides is 2. The monoisotopic (exact) mass is 304 g/mol. The Labute approximate surface area is 131 Å². The van der Waals surface area contributed by atoms with Gasteiger partial charge >= 0.3 is 0 Å². The van der Waals surface area contributed by atoms with Crippen molar-refractivity contribution in [3.05, 3.63) is 35.9 Å². The van der Waals surface area contributed by atoms with Crippen molar-refractivity contribution in [1.82, 2.24) is 10.6 Å². The lowest BCUT2D eigenvalue weighted by Gasteiger charge is -2.27. The van der Waals surface area contributed by atoms with Crippen LogP contribution in [0.1, 0.15) is 50.6 Å². The molecule has 1 aliphatic carbocycles. The average molecular weight is 304 g/mol. The van der Waals surface area contributed by atoms with E-state index < -0.39 is 0 Å². The minimum absolute atomic E-state index is 0.0657. The highest BCUT2D eigenvalue weighted by molar-refractivity contribution is 5.79. The standard InChI is InChI=1S/C17H24N2O3/c1-12(20)18-16(13-5-3-2-4-6-13)11-17(22)19-14-7-9-15(21)10-8-14/h2-6,14-16,21H,7-11H2,1H3,(H,18,20)(H,19,22). The topological polar surface area (TPSA) is 78.4 Å². The Morgan fingerprint density at radius 2 is 1.82 bits per heavy atom. The summed E-state index contributed by atoms with van der Waals surface area (Å²) < 4.78 is 0. The molecule has 0 heterocycles. The molecule has 1 atom stereocenters. The Balaban J connectivity index is 1.92. The van der Waals surface area contributed by atoms with E-state index in [9.17, 15) is 14.7 Å². The molecule has 22 heavy (non-hydrogen) atoms. The van der Waals surface area contributed by atoms with Gasteiger partial charge in [0.2, 0.25) is 11.8 Å². The predicted molar refractivity (Wildman–Crippen MR) is 84.0 cm³/mol. The van der Waals surface area contributed by atoms with Crippen molar-refractivity contribution in [2.75, 3.05) is 0 Å². The summed E-state index contributed by atoms with van der Waals surface area (Å²) in [7, 11) is 0. The first-order valence-electron chi connectivity index (χ1n) is 7.84.